The number of nitrogens with zero attached hydrogens (tertiary/aromatic N) is 2. The minimum atomic E-state index is -2.28. The molecular weight excluding hydrogens is 349 g/mol. The lowest BCUT2D eigenvalue weighted by Gasteiger charge is -2.33. The first-order valence-electron chi connectivity index (χ1n) is 7.46. The van der Waals surface area contributed by atoms with Gasteiger partial charge in [-0.1, -0.05) is 0 Å². The molecule has 0 saturated carbocycles. The van der Waals surface area contributed by atoms with Crippen molar-refractivity contribution in [1.82, 2.24) is 9.80 Å². The fourth-order valence-corrected chi connectivity index (χ4v) is 2.47. The molecular formula is C15H15F5N3O2. The topological polar surface area (TPSA) is 52.7 Å². The normalized spacial score (nSPS) is 16.0. The van der Waals surface area contributed by atoms with Crippen LogP contribution >= 0.6 is 0 Å². The van der Waals surface area contributed by atoms with Gasteiger partial charge in [0.1, 0.15) is 5.69 Å². The molecule has 2 rings (SSSR count). The third-order valence-corrected chi connectivity index (χ3v) is 3.84. The highest BCUT2D eigenvalue weighted by molar-refractivity contribution is 5.92. The van der Waals surface area contributed by atoms with Crippen molar-refractivity contribution >= 4 is 17.9 Å². The summed E-state index contributed by atoms with van der Waals surface area (Å²) in [4.78, 5) is 25.7. The van der Waals surface area contributed by atoms with Crippen LogP contribution in [0.15, 0.2) is 0 Å². The van der Waals surface area contributed by atoms with Crippen molar-refractivity contribution in [3.63, 3.8) is 0 Å². The molecule has 1 radical (unpaired) electrons. The summed E-state index contributed by atoms with van der Waals surface area (Å²) in [7, 11) is 0. The van der Waals surface area contributed by atoms with E-state index in [4.69, 9.17) is 0 Å². The van der Waals surface area contributed by atoms with E-state index in [2.05, 4.69) is 0 Å². The largest absolute Gasteiger partial charge is 0.320 e. The summed E-state index contributed by atoms with van der Waals surface area (Å²) >= 11 is 0. The van der Waals surface area contributed by atoms with Gasteiger partial charge in [0.25, 0.3) is 0 Å². The van der Waals surface area contributed by atoms with Gasteiger partial charge in [0.2, 0.25) is 11.7 Å². The van der Waals surface area contributed by atoms with E-state index >= 15 is 0 Å². The molecule has 0 atom stereocenters. The van der Waals surface area contributed by atoms with Gasteiger partial charge >= 0.3 is 0 Å². The molecule has 25 heavy (non-hydrogen) atoms. The molecule has 1 aromatic rings. The number of carbonyl (C=O) groups is 1. The lowest BCUT2D eigenvalue weighted by atomic mass is 10.2. The molecule has 1 amide bonds. The Bertz CT molecular complexity index is 634. The predicted octanol–water partition coefficient (Wildman–Crippen LogP) is 1.44. The zero-order valence-electron chi connectivity index (χ0n) is 13.1. The predicted molar refractivity (Wildman–Crippen MR) is 78.1 cm³/mol. The number of carbonyl (C=O) groups excluding carboxylic acids is 2. The van der Waals surface area contributed by atoms with Gasteiger partial charge in [-0.2, -0.15) is 0 Å². The van der Waals surface area contributed by atoms with Crippen LogP contribution in [-0.2, 0) is 9.59 Å². The number of halogens is 5. The zero-order valence-corrected chi connectivity index (χ0v) is 13.1. The van der Waals surface area contributed by atoms with E-state index < -0.39 is 40.7 Å². The summed E-state index contributed by atoms with van der Waals surface area (Å²) in [6.07, 6.45) is 2.06. The van der Waals surface area contributed by atoms with Crippen LogP contribution in [-0.4, -0.2) is 61.3 Å². The Balaban J connectivity index is 1.95. The first kappa shape index (κ1) is 19.3. The highest BCUT2D eigenvalue weighted by Crippen LogP contribution is 2.27. The zero-order chi connectivity index (χ0) is 18.6. The molecule has 0 bridgehead atoms. The van der Waals surface area contributed by atoms with Crippen molar-refractivity contribution < 1.29 is 31.5 Å². The lowest BCUT2D eigenvalue weighted by molar-refractivity contribution is -0.117. The first-order valence-corrected chi connectivity index (χ1v) is 7.46. The second kappa shape index (κ2) is 8.34. The fraction of sp³-hybridized carbons (Fsp3) is 0.467. The number of nitrogens with one attached hydrogen (secondary N) is 1. The SMILES string of the molecule is O=[C]CCN1CCN(CC(=O)Nc2c(F)c(F)c(F)c(F)c2F)CC1. The molecule has 0 aromatic heterocycles. The second-order valence-corrected chi connectivity index (χ2v) is 5.51. The molecule has 1 heterocycles. The third-order valence-electron chi connectivity index (χ3n) is 3.84. The Morgan fingerprint density at radius 3 is 1.88 bits per heavy atom. The molecule has 1 fully saturated rings. The average Bonchev–Trinajstić information content (AvgIpc) is 2.61. The Morgan fingerprint density at radius 1 is 0.880 bits per heavy atom. The van der Waals surface area contributed by atoms with Crippen molar-refractivity contribution in [1.29, 1.82) is 0 Å². The number of piperazine rings is 1. The minimum Gasteiger partial charge on any atom is -0.320 e. The van der Waals surface area contributed by atoms with Crippen LogP contribution < -0.4 is 5.32 Å². The maximum absolute atomic E-state index is 13.5. The molecule has 1 saturated heterocycles. The summed E-state index contributed by atoms with van der Waals surface area (Å²) in [6, 6.07) is 0. The molecule has 5 nitrogen and oxygen atoms in total. The van der Waals surface area contributed by atoms with Crippen LogP contribution in [0.4, 0.5) is 27.6 Å². The lowest BCUT2D eigenvalue weighted by Crippen LogP contribution is -2.48. The standard InChI is InChI=1S/C15H15F5N3O2/c16-10-11(17)13(19)15(14(20)12(10)18)21-9(25)8-23-5-3-22(4-6-23)2-1-7-24/h1-6,8H2,(H,21,25). The second-order valence-electron chi connectivity index (χ2n) is 5.51. The third kappa shape index (κ3) is 4.51. The molecule has 0 aliphatic carbocycles. The smallest absolute Gasteiger partial charge is 0.238 e. The number of rotatable bonds is 6. The van der Waals surface area contributed by atoms with Gasteiger partial charge in [-0.15, -0.1) is 0 Å². The number of hydrogen-bond acceptors (Lipinski definition) is 4. The van der Waals surface area contributed by atoms with Crippen molar-refractivity contribution in [2.24, 2.45) is 0 Å². The van der Waals surface area contributed by atoms with Crippen LogP contribution in [0.25, 0.3) is 0 Å². The summed E-state index contributed by atoms with van der Waals surface area (Å²) in [6.45, 7) is 2.38. The number of amides is 1. The van der Waals surface area contributed by atoms with Gasteiger partial charge in [-0.3, -0.25) is 14.5 Å². The Kier molecular flexibility index (Phi) is 6.43. The van der Waals surface area contributed by atoms with Crippen molar-refractivity contribution in [3.8, 4) is 0 Å². The van der Waals surface area contributed by atoms with Crippen molar-refractivity contribution in [3.05, 3.63) is 29.1 Å². The van der Waals surface area contributed by atoms with Crippen LogP contribution in [0.1, 0.15) is 6.42 Å². The van der Waals surface area contributed by atoms with Gasteiger partial charge < -0.3 is 10.2 Å². The van der Waals surface area contributed by atoms with Crippen LogP contribution in [0, 0.1) is 29.1 Å². The summed E-state index contributed by atoms with van der Waals surface area (Å²) in [5.74, 6) is -11.6. The Morgan fingerprint density at radius 2 is 1.36 bits per heavy atom. The van der Waals surface area contributed by atoms with Crippen molar-refractivity contribution in [2.45, 2.75) is 6.42 Å². The average molecular weight is 364 g/mol. The van der Waals surface area contributed by atoms with Gasteiger partial charge in [-0.25, -0.2) is 22.0 Å². The number of hydrogen-bond donors (Lipinski definition) is 1. The van der Waals surface area contributed by atoms with Gasteiger partial charge in [-0.05, 0) is 0 Å². The van der Waals surface area contributed by atoms with Gasteiger partial charge in [0.05, 0.1) is 6.54 Å². The molecule has 0 spiro atoms. The number of anilines is 1. The molecule has 1 aromatic carbocycles. The number of benzene rings is 1. The van der Waals surface area contributed by atoms with E-state index in [0.29, 0.717) is 32.7 Å². The Hall–Kier alpha value is -2.07. The maximum Gasteiger partial charge on any atom is 0.238 e. The molecule has 10 heteroatoms. The van der Waals surface area contributed by atoms with E-state index in [1.54, 1.807) is 16.5 Å². The van der Waals surface area contributed by atoms with Crippen LogP contribution in [0.2, 0.25) is 0 Å². The highest BCUT2D eigenvalue weighted by atomic mass is 19.2. The maximum atomic E-state index is 13.5. The van der Waals surface area contributed by atoms with E-state index in [9.17, 15) is 31.5 Å². The van der Waals surface area contributed by atoms with E-state index in [0.717, 1.165) is 0 Å². The minimum absolute atomic E-state index is 0.257. The van der Waals surface area contributed by atoms with E-state index in [-0.39, 0.29) is 13.0 Å². The summed E-state index contributed by atoms with van der Waals surface area (Å²) in [5.41, 5.74) is -1.36. The molecule has 0 unspecified atom stereocenters. The van der Waals surface area contributed by atoms with Crippen LogP contribution in [0.5, 0.6) is 0 Å². The van der Waals surface area contributed by atoms with Crippen molar-refractivity contribution in [2.75, 3.05) is 44.6 Å². The fourth-order valence-electron chi connectivity index (χ4n) is 2.47. The van der Waals surface area contributed by atoms with E-state index in [1.165, 1.54) is 0 Å². The summed E-state index contributed by atoms with van der Waals surface area (Å²) in [5, 5.41) is 1.74. The summed E-state index contributed by atoms with van der Waals surface area (Å²) < 4.78 is 66.2. The molecule has 1 aliphatic heterocycles. The molecule has 1 aliphatic rings. The first-order chi connectivity index (χ1) is 11.8. The molecule has 1 N–H and O–H groups in total. The Labute approximate surface area is 140 Å². The quantitative estimate of drug-likeness (QED) is 0.472. The monoisotopic (exact) mass is 364 g/mol. The van der Waals surface area contributed by atoms with E-state index in [1.807, 2.05) is 4.90 Å². The van der Waals surface area contributed by atoms with Crippen LogP contribution in [0.3, 0.4) is 0 Å². The van der Waals surface area contributed by atoms with Gasteiger partial charge in [0.15, 0.2) is 29.6 Å². The van der Waals surface area contributed by atoms with Gasteiger partial charge in [0, 0.05) is 39.1 Å². The highest BCUT2D eigenvalue weighted by Gasteiger charge is 2.27. The molecule has 137 valence electrons.